The van der Waals surface area contributed by atoms with E-state index in [1.807, 2.05) is 50.8 Å². The molecule has 120 valence electrons. The Morgan fingerprint density at radius 2 is 2.00 bits per heavy atom. The second kappa shape index (κ2) is 6.51. The zero-order valence-corrected chi connectivity index (χ0v) is 14.0. The lowest BCUT2D eigenvalue weighted by Crippen LogP contribution is -2.35. The Labute approximate surface area is 132 Å². The van der Waals surface area contributed by atoms with Crippen LogP contribution in [0.3, 0.4) is 0 Å². The van der Waals surface area contributed by atoms with Gasteiger partial charge < -0.3 is 10.2 Å². The molecule has 0 radical (unpaired) electrons. The van der Waals surface area contributed by atoms with Crippen LogP contribution in [0.5, 0.6) is 0 Å². The molecular formula is C18H26N2O2. The number of aryl methyl sites for hydroxylation is 1. The zero-order chi connectivity index (χ0) is 16.3. The Balaban J connectivity index is 2.19. The molecule has 0 aliphatic carbocycles. The number of hydrogen-bond acceptors (Lipinski definition) is 2. The minimum Gasteiger partial charge on any atom is -0.326 e. The van der Waals surface area contributed by atoms with E-state index >= 15 is 0 Å². The van der Waals surface area contributed by atoms with Gasteiger partial charge in [-0.1, -0.05) is 33.8 Å². The van der Waals surface area contributed by atoms with Crippen LogP contribution in [0.2, 0.25) is 0 Å². The quantitative estimate of drug-likeness (QED) is 0.924. The maximum absolute atomic E-state index is 12.1. The van der Waals surface area contributed by atoms with Crippen molar-refractivity contribution in [2.75, 3.05) is 16.8 Å². The highest BCUT2D eigenvalue weighted by atomic mass is 16.2. The molecule has 0 unspecified atom stereocenters. The molecule has 0 saturated heterocycles. The van der Waals surface area contributed by atoms with E-state index in [4.69, 9.17) is 0 Å². The second-order valence-electron chi connectivity index (χ2n) is 7.13. The molecule has 0 fully saturated rings. The largest absolute Gasteiger partial charge is 0.326 e. The molecule has 2 rings (SSSR count). The van der Waals surface area contributed by atoms with E-state index in [9.17, 15) is 9.59 Å². The molecule has 0 saturated carbocycles. The van der Waals surface area contributed by atoms with Gasteiger partial charge in [0, 0.05) is 30.8 Å². The number of hydrogen-bond donors (Lipinski definition) is 1. The molecule has 1 N–H and O–H groups in total. The van der Waals surface area contributed by atoms with Crippen molar-refractivity contribution in [1.82, 2.24) is 0 Å². The fourth-order valence-electron chi connectivity index (χ4n) is 2.79. The van der Waals surface area contributed by atoms with E-state index in [-0.39, 0.29) is 17.2 Å². The molecule has 2 amide bonds. The summed E-state index contributed by atoms with van der Waals surface area (Å²) in [7, 11) is 0. The molecule has 4 nitrogen and oxygen atoms in total. The van der Waals surface area contributed by atoms with E-state index in [0.717, 1.165) is 30.8 Å². The Morgan fingerprint density at radius 1 is 1.27 bits per heavy atom. The maximum atomic E-state index is 12.1. The number of fused-ring (bicyclic) bond motifs is 1. The summed E-state index contributed by atoms with van der Waals surface area (Å²) in [4.78, 5) is 26.0. The Morgan fingerprint density at radius 3 is 2.64 bits per heavy atom. The van der Waals surface area contributed by atoms with Gasteiger partial charge in [0.25, 0.3) is 0 Å². The van der Waals surface area contributed by atoms with Crippen LogP contribution in [-0.2, 0) is 16.0 Å². The van der Waals surface area contributed by atoms with Crippen LogP contribution >= 0.6 is 0 Å². The Bertz CT molecular complexity index is 573. The van der Waals surface area contributed by atoms with Gasteiger partial charge in [-0.25, -0.2) is 0 Å². The molecule has 0 spiro atoms. The van der Waals surface area contributed by atoms with Gasteiger partial charge in [-0.2, -0.15) is 0 Å². The summed E-state index contributed by atoms with van der Waals surface area (Å²) in [5.41, 5.74) is 2.86. The summed E-state index contributed by atoms with van der Waals surface area (Å²) < 4.78 is 0. The molecule has 0 aromatic heterocycles. The van der Waals surface area contributed by atoms with Gasteiger partial charge in [0.2, 0.25) is 11.8 Å². The fraction of sp³-hybridized carbons (Fsp3) is 0.556. The van der Waals surface area contributed by atoms with Crippen LogP contribution < -0.4 is 10.2 Å². The Hall–Kier alpha value is -1.84. The van der Waals surface area contributed by atoms with Crippen molar-refractivity contribution in [2.24, 2.45) is 5.41 Å². The highest BCUT2D eigenvalue weighted by molar-refractivity contribution is 5.96. The number of nitrogens with one attached hydrogen (secondary N) is 1. The minimum absolute atomic E-state index is 0.0108. The van der Waals surface area contributed by atoms with E-state index < -0.39 is 0 Å². The van der Waals surface area contributed by atoms with Gasteiger partial charge in [0.15, 0.2) is 0 Å². The fourth-order valence-corrected chi connectivity index (χ4v) is 2.79. The standard InChI is InChI=1S/C18H26N2O2/c1-5-17(22)20-10-6-7-13-8-9-14(11-15(13)20)19-16(21)12-18(2,3)4/h8-9,11H,5-7,10,12H2,1-4H3,(H,19,21). The summed E-state index contributed by atoms with van der Waals surface area (Å²) in [5, 5.41) is 2.95. The van der Waals surface area contributed by atoms with Crippen LogP contribution in [0.1, 0.15) is 52.5 Å². The van der Waals surface area contributed by atoms with Gasteiger partial charge in [0.05, 0.1) is 0 Å². The van der Waals surface area contributed by atoms with Gasteiger partial charge >= 0.3 is 0 Å². The number of carbonyl (C=O) groups is 2. The molecule has 22 heavy (non-hydrogen) atoms. The second-order valence-corrected chi connectivity index (χ2v) is 7.13. The number of nitrogens with zero attached hydrogens (tertiary/aromatic N) is 1. The first-order chi connectivity index (χ1) is 10.3. The van der Waals surface area contributed by atoms with E-state index in [2.05, 4.69) is 5.32 Å². The van der Waals surface area contributed by atoms with Crippen molar-refractivity contribution >= 4 is 23.2 Å². The zero-order valence-electron chi connectivity index (χ0n) is 14.0. The third kappa shape index (κ3) is 4.09. The van der Waals surface area contributed by atoms with Crippen molar-refractivity contribution in [3.63, 3.8) is 0 Å². The molecule has 1 aliphatic heterocycles. The number of anilines is 2. The first-order valence-corrected chi connectivity index (χ1v) is 8.03. The van der Waals surface area contributed by atoms with Crippen molar-refractivity contribution < 1.29 is 9.59 Å². The number of rotatable bonds is 3. The number of benzene rings is 1. The summed E-state index contributed by atoms with van der Waals surface area (Å²) in [6.45, 7) is 8.77. The lowest BCUT2D eigenvalue weighted by atomic mass is 9.92. The predicted octanol–water partition coefficient (Wildman–Crippen LogP) is 3.75. The van der Waals surface area contributed by atoms with Crippen LogP contribution in [0, 0.1) is 5.41 Å². The summed E-state index contributed by atoms with van der Waals surface area (Å²) in [6.07, 6.45) is 2.95. The molecule has 1 heterocycles. The van der Waals surface area contributed by atoms with Crippen molar-refractivity contribution in [1.29, 1.82) is 0 Å². The molecule has 1 aromatic carbocycles. The van der Waals surface area contributed by atoms with Crippen LogP contribution in [0.25, 0.3) is 0 Å². The molecule has 4 heteroatoms. The average molecular weight is 302 g/mol. The van der Waals surface area contributed by atoms with Crippen molar-refractivity contribution in [3.05, 3.63) is 23.8 Å². The highest BCUT2D eigenvalue weighted by Gasteiger charge is 2.22. The monoisotopic (exact) mass is 302 g/mol. The van der Waals surface area contributed by atoms with Gasteiger partial charge in [0.1, 0.15) is 0 Å². The number of carbonyl (C=O) groups excluding carboxylic acids is 2. The van der Waals surface area contributed by atoms with Gasteiger partial charge in [-0.3, -0.25) is 9.59 Å². The smallest absolute Gasteiger partial charge is 0.226 e. The van der Waals surface area contributed by atoms with Crippen LogP contribution in [0.4, 0.5) is 11.4 Å². The Kier molecular flexibility index (Phi) is 4.89. The minimum atomic E-state index is -0.0392. The van der Waals surface area contributed by atoms with E-state index in [1.165, 1.54) is 5.56 Å². The summed E-state index contributed by atoms with van der Waals surface area (Å²) >= 11 is 0. The maximum Gasteiger partial charge on any atom is 0.226 e. The molecule has 1 aromatic rings. The van der Waals surface area contributed by atoms with Crippen LogP contribution in [-0.4, -0.2) is 18.4 Å². The molecule has 0 atom stereocenters. The first kappa shape index (κ1) is 16.5. The molecule has 1 aliphatic rings. The molecule has 0 bridgehead atoms. The lowest BCUT2D eigenvalue weighted by Gasteiger charge is -2.30. The summed E-state index contributed by atoms with van der Waals surface area (Å²) in [6, 6.07) is 5.89. The molecular weight excluding hydrogens is 276 g/mol. The normalized spacial score (nSPS) is 14.5. The topological polar surface area (TPSA) is 49.4 Å². The predicted molar refractivity (Wildman–Crippen MR) is 90.1 cm³/mol. The van der Waals surface area contributed by atoms with Gasteiger partial charge in [-0.05, 0) is 36.0 Å². The average Bonchev–Trinajstić information content (AvgIpc) is 2.43. The number of amides is 2. The third-order valence-corrected chi connectivity index (χ3v) is 3.78. The SMILES string of the molecule is CCC(=O)N1CCCc2ccc(NC(=O)CC(C)(C)C)cc21. The van der Waals surface area contributed by atoms with E-state index in [1.54, 1.807) is 0 Å². The lowest BCUT2D eigenvalue weighted by molar-refractivity contribution is -0.118. The van der Waals surface area contributed by atoms with Crippen molar-refractivity contribution in [3.8, 4) is 0 Å². The highest BCUT2D eigenvalue weighted by Crippen LogP contribution is 2.31. The van der Waals surface area contributed by atoms with Crippen molar-refractivity contribution in [2.45, 2.75) is 53.4 Å². The van der Waals surface area contributed by atoms with Gasteiger partial charge in [-0.15, -0.1) is 0 Å². The first-order valence-electron chi connectivity index (χ1n) is 8.03. The summed E-state index contributed by atoms with van der Waals surface area (Å²) in [5.74, 6) is 0.149. The van der Waals surface area contributed by atoms with Crippen LogP contribution in [0.15, 0.2) is 18.2 Å². The third-order valence-electron chi connectivity index (χ3n) is 3.78. The van der Waals surface area contributed by atoms with E-state index in [0.29, 0.717) is 12.8 Å².